The average Bonchev–Trinajstić information content (AvgIpc) is 2.98. The van der Waals surface area contributed by atoms with Crippen molar-refractivity contribution < 1.29 is 28.5 Å². The summed E-state index contributed by atoms with van der Waals surface area (Å²) < 4.78 is 24.2. The smallest absolute Gasteiger partial charge is 0.240 e. The molecule has 0 spiro atoms. The lowest BCUT2D eigenvalue weighted by atomic mass is 10.2. The quantitative estimate of drug-likeness (QED) is 0.126. The number of benzene rings is 5. The minimum Gasteiger partial charge on any atom is -0.457 e. The molecule has 0 aliphatic heterocycles. The monoisotopic (exact) mass is 556 g/mol. The molecule has 0 aromatic heterocycles. The molecule has 5 aromatic carbocycles. The summed E-state index contributed by atoms with van der Waals surface area (Å²) in [6.07, 6.45) is 3.12. The van der Waals surface area contributed by atoms with Crippen molar-refractivity contribution in [3.63, 3.8) is 0 Å². The first-order valence-electron chi connectivity index (χ1n) is 12.9. The molecule has 0 unspecified atom stereocenters. The lowest BCUT2D eigenvalue weighted by molar-refractivity contribution is 0.446. The molecule has 0 radical (unpaired) electrons. The van der Waals surface area contributed by atoms with Gasteiger partial charge in [0.25, 0.3) is 0 Å². The van der Waals surface area contributed by atoms with Crippen LogP contribution < -0.4 is 18.9 Å². The maximum absolute atomic E-state index is 10.7. The fourth-order valence-electron chi connectivity index (χ4n) is 4.10. The summed E-state index contributed by atoms with van der Waals surface area (Å²) in [5.74, 6) is 4.53. The number of carbonyl (C=O) groups excluding carboxylic acids is 2. The number of aliphatic imine (C=N–C) groups is 2. The molecule has 206 valence electrons. The molecule has 0 saturated carbocycles. The van der Waals surface area contributed by atoms with Crippen molar-refractivity contribution in [2.24, 2.45) is 9.98 Å². The zero-order valence-corrected chi connectivity index (χ0v) is 22.7. The molecule has 0 saturated heterocycles. The van der Waals surface area contributed by atoms with E-state index >= 15 is 0 Å². The van der Waals surface area contributed by atoms with Gasteiger partial charge in [-0.2, -0.15) is 9.98 Å². The Kier molecular flexibility index (Phi) is 8.51. The van der Waals surface area contributed by atoms with Gasteiger partial charge in [-0.15, -0.1) is 0 Å². The van der Waals surface area contributed by atoms with Crippen LogP contribution in [-0.4, -0.2) is 12.2 Å². The summed E-state index contributed by atoms with van der Waals surface area (Å²) in [4.78, 5) is 28.8. The first kappa shape index (κ1) is 27.6. The van der Waals surface area contributed by atoms with Crippen molar-refractivity contribution in [2.75, 3.05) is 0 Å². The first-order chi connectivity index (χ1) is 20.5. The maximum Gasteiger partial charge on any atom is 0.240 e. The molecular formula is C34H24N2O6. The van der Waals surface area contributed by atoms with E-state index in [9.17, 15) is 9.59 Å². The van der Waals surface area contributed by atoms with Gasteiger partial charge in [0.05, 0.1) is 11.4 Å². The van der Waals surface area contributed by atoms with E-state index < -0.39 is 0 Å². The third-order valence-corrected chi connectivity index (χ3v) is 6.19. The molecule has 0 atom stereocenters. The number of ether oxygens (including phenoxy) is 4. The summed E-state index contributed by atoms with van der Waals surface area (Å²) in [7, 11) is 0. The van der Waals surface area contributed by atoms with Crippen molar-refractivity contribution >= 4 is 23.5 Å². The third-order valence-electron chi connectivity index (χ3n) is 6.19. The van der Waals surface area contributed by atoms with Crippen LogP contribution in [0.2, 0.25) is 0 Å². The largest absolute Gasteiger partial charge is 0.457 e. The van der Waals surface area contributed by atoms with Gasteiger partial charge in [0.1, 0.15) is 46.0 Å². The number of hydrogen-bond acceptors (Lipinski definition) is 8. The normalized spacial score (nSPS) is 10.1. The Hall–Kier alpha value is -5.94. The van der Waals surface area contributed by atoms with Gasteiger partial charge in [-0.1, -0.05) is 30.3 Å². The molecule has 8 heteroatoms. The Labute approximate surface area is 242 Å². The molecule has 0 amide bonds. The van der Waals surface area contributed by atoms with Crippen molar-refractivity contribution in [1.82, 2.24) is 0 Å². The molecule has 5 aromatic rings. The van der Waals surface area contributed by atoms with Crippen LogP contribution in [0.4, 0.5) is 11.4 Å². The van der Waals surface area contributed by atoms with Gasteiger partial charge in [0.15, 0.2) is 0 Å². The topological polar surface area (TPSA) is 95.8 Å². The van der Waals surface area contributed by atoms with Gasteiger partial charge in [-0.05, 0) is 74.5 Å². The van der Waals surface area contributed by atoms with Crippen molar-refractivity contribution in [3.8, 4) is 46.0 Å². The number of nitrogens with zero attached hydrogens (tertiary/aromatic N) is 2. The Morgan fingerprint density at radius 3 is 1.10 bits per heavy atom. The summed E-state index contributed by atoms with van der Waals surface area (Å²) in [5.41, 5.74) is 2.44. The van der Waals surface area contributed by atoms with Gasteiger partial charge in [0.2, 0.25) is 12.2 Å². The zero-order chi connectivity index (χ0) is 29.3. The van der Waals surface area contributed by atoms with Crippen LogP contribution in [0.5, 0.6) is 46.0 Å². The molecule has 0 aliphatic carbocycles. The second-order valence-electron chi connectivity index (χ2n) is 9.04. The van der Waals surface area contributed by atoms with Crippen molar-refractivity contribution in [2.45, 2.75) is 13.8 Å². The van der Waals surface area contributed by atoms with Crippen LogP contribution >= 0.6 is 0 Å². The van der Waals surface area contributed by atoms with E-state index in [1.807, 2.05) is 68.4 Å². The van der Waals surface area contributed by atoms with Crippen LogP contribution in [0.3, 0.4) is 0 Å². The van der Waals surface area contributed by atoms with Gasteiger partial charge < -0.3 is 18.9 Å². The number of hydrogen-bond donors (Lipinski definition) is 0. The van der Waals surface area contributed by atoms with Gasteiger partial charge in [0, 0.05) is 29.3 Å². The summed E-state index contributed by atoms with van der Waals surface area (Å²) in [6, 6.07) is 32.2. The van der Waals surface area contributed by atoms with Crippen LogP contribution in [-0.2, 0) is 9.59 Å². The Morgan fingerprint density at radius 2 is 0.762 bits per heavy atom. The van der Waals surface area contributed by atoms with Gasteiger partial charge in [-0.3, -0.25) is 0 Å². The minimum atomic E-state index is 0.498. The Balaban J connectivity index is 1.28. The highest BCUT2D eigenvalue weighted by Crippen LogP contribution is 2.36. The third kappa shape index (κ3) is 6.79. The van der Waals surface area contributed by atoms with Gasteiger partial charge in [-0.25, -0.2) is 9.59 Å². The molecule has 0 N–H and O–H groups in total. The highest BCUT2D eigenvalue weighted by atomic mass is 16.5. The zero-order valence-electron chi connectivity index (χ0n) is 22.7. The van der Waals surface area contributed by atoms with E-state index in [4.69, 9.17) is 18.9 Å². The van der Waals surface area contributed by atoms with E-state index in [1.54, 1.807) is 66.8 Å². The van der Waals surface area contributed by atoms with Crippen molar-refractivity contribution in [3.05, 3.63) is 120 Å². The van der Waals surface area contributed by atoms with Crippen LogP contribution in [0, 0.1) is 13.8 Å². The highest BCUT2D eigenvalue weighted by Gasteiger charge is 2.09. The number of rotatable bonds is 10. The van der Waals surface area contributed by atoms with E-state index in [1.165, 1.54) is 0 Å². The molecule has 0 bridgehead atoms. The van der Waals surface area contributed by atoms with Crippen LogP contribution in [0.15, 0.2) is 119 Å². The second kappa shape index (κ2) is 12.9. The molecule has 0 aliphatic rings. The van der Waals surface area contributed by atoms with E-state index in [0.717, 1.165) is 11.1 Å². The highest BCUT2D eigenvalue weighted by molar-refractivity contribution is 5.59. The van der Waals surface area contributed by atoms with Crippen LogP contribution in [0.25, 0.3) is 0 Å². The first-order valence-corrected chi connectivity index (χ1v) is 12.9. The lowest BCUT2D eigenvalue weighted by Crippen LogP contribution is -1.91. The molecule has 42 heavy (non-hydrogen) atoms. The van der Waals surface area contributed by atoms with Crippen molar-refractivity contribution in [1.29, 1.82) is 0 Å². The minimum absolute atomic E-state index is 0.498. The molecule has 8 nitrogen and oxygen atoms in total. The SMILES string of the molecule is Cc1c(N=C=O)cccc1Oc1cccc(Oc2cccc(Oc3cccc(Oc4cccc(N=C=O)c4C)c3)c2)c1. The Bertz CT molecular complexity index is 1710. The second-order valence-corrected chi connectivity index (χ2v) is 9.04. The predicted molar refractivity (Wildman–Crippen MR) is 158 cm³/mol. The maximum atomic E-state index is 10.7. The molecule has 0 fully saturated rings. The predicted octanol–water partition coefficient (Wildman–Crippen LogP) is 9.41. The molecule has 5 rings (SSSR count). The summed E-state index contributed by atoms with van der Waals surface area (Å²) in [5, 5.41) is 0. The number of isocyanates is 2. The fraction of sp³-hybridized carbons (Fsp3) is 0.0588. The van der Waals surface area contributed by atoms with E-state index in [0.29, 0.717) is 57.4 Å². The van der Waals surface area contributed by atoms with Crippen LogP contribution in [0.1, 0.15) is 11.1 Å². The molecular weight excluding hydrogens is 532 g/mol. The fourth-order valence-corrected chi connectivity index (χ4v) is 4.10. The lowest BCUT2D eigenvalue weighted by Gasteiger charge is -2.13. The Morgan fingerprint density at radius 1 is 0.452 bits per heavy atom. The molecule has 0 heterocycles. The summed E-state index contributed by atoms with van der Waals surface area (Å²) >= 11 is 0. The van der Waals surface area contributed by atoms with E-state index in [2.05, 4.69) is 9.98 Å². The van der Waals surface area contributed by atoms with Gasteiger partial charge >= 0.3 is 0 Å². The average molecular weight is 557 g/mol. The van der Waals surface area contributed by atoms with E-state index in [-0.39, 0.29) is 0 Å². The standard InChI is InChI=1S/C34H24N2O6/c1-23-31(35-21-37)14-6-16-33(23)41-29-12-4-10-27(19-29)39-25-8-3-9-26(18-25)40-28-11-5-13-30(20-28)42-34-17-7-15-32(24(34)2)36-22-38/h3-20H,1-2H3. The summed E-state index contributed by atoms with van der Waals surface area (Å²) in [6.45, 7) is 3.64.